The molecule has 0 bridgehead atoms. The van der Waals surface area contributed by atoms with E-state index in [1.165, 1.54) is 11.1 Å². The first-order chi connectivity index (χ1) is 10.6. The third-order valence-electron chi connectivity index (χ3n) is 4.07. The molecule has 0 aliphatic carbocycles. The molecule has 0 atom stereocenters. The molecule has 110 valence electrons. The van der Waals surface area contributed by atoms with Gasteiger partial charge in [-0.25, -0.2) is 0 Å². The van der Waals surface area contributed by atoms with Crippen molar-refractivity contribution < 1.29 is 5.11 Å². The summed E-state index contributed by atoms with van der Waals surface area (Å²) in [5, 5.41) is 10.5. The van der Waals surface area contributed by atoms with E-state index in [4.69, 9.17) is 0 Å². The van der Waals surface area contributed by atoms with Crippen LogP contribution in [-0.4, -0.2) is 5.11 Å². The topological polar surface area (TPSA) is 20.2 Å². The molecule has 0 radical (unpaired) electrons. The number of rotatable bonds is 2. The van der Waals surface area contributed by atoms with Crippen LogP contribution < -0.4 is 0 Å². The molecule has 0 saturated heterocycles. The van der Waals surface area contributed by atoms with E-state index in [9.17, 15) is 5.11 Å². The SMILES string of the molecule is Cc1ccc(-c2c(C)ccc(O)c2-c2ccc(C)cc2)cc1. The fourth-order valence-electron chi connectivity index (χ4n) is 2.80. The lowest BCUT2D eigenvalue weighted by molar-refractivity contribution is 0.477. The number of benzene rings is 3. The Hall–Kier alpha value is -2.54. The second-order valence-corrected chi connectivity index (χ2v) is 5.88. The maximum absolute atomic E-state index is 10.5. The minimum atomic E-state index is 0.324. The molecule has 0 heterocycles. The number of phenolic OH excluding ortho intramolecular Hbond substituents is 1. The second-order valence-electron chi connectivity index (χ2n) is 5.88. The van der Waals surface area contributed by atoms with Crippen molar-refractivity contribution in [3.63, 3.8) is 0 Å². The minimum absolute atomic E-state index is 0.324. The van der Waals surface area contributed by atoms with Gasteiger partial charge in [-0.15, -0.1) is 0 Å². The van der Waals surface area contributed by atoms with Gasteiger partial charge < -0.3 is 5.11 Å². The highest BCUT2D eigenvalue weighted by molar-refractivity contribution is 5.89. The maximum Gasteiger partial charge on any atom is 0.124 e. The van der Waals surface area contributed by atoms with Crippen LogP contribution in [0.2, 0.25) is 0 Å². The molecule has 1 heteroatoms. The highest BCUT2D eigenvalue weighted by Gasteiger charge is 2.14. The summed E-state index contributed by atoms with van der Waals surface area (Å²) in [5.41, 5.74) is 7.80. The first kappa shape index (κ1) is 14.4. The van der Waals surface area contributed by atoms with E-state index < -0.39 is 0 Å². The van der Waals surface area contributed by atoms with Gasteiger partial charge in [0.2, 0.25) is 0 Å². The summed E-state index contributed by atoms with van der Waals surface area (Å²) in [6.45, 7) is 6.24. The zero-order chi connectivity index (χ0) is 15.7. The van der Waals surface area contributed by atoms with Crippen LogP contribution in [0.4, 0.5) is 0 Å². The lowest BCUT2D eigenvalue weighted by Crippen LogP contribution is -1.90. The molecule has 3 rings (SSSR count). The third-order valence-corrected chi connectivity index (χ3v) is 4.07. The van der Waals surface area contributed by atoms with Crippen LogP contribution in [0.5, 0.6) is 5.75 Å². The van der Waals surface area contributed by atoms with Crippen LogP contribution in [0, 0.1) is 20.8 Å². The number of aromatic hydroxyl groups is 1. The summed E-state index contributed by atoms with van der Waals surface area (Å²) in [6.07, 6.45) is 0. The molecule has 3 aromatic carbocycles. The molecule has 0 unspecified atom stereocenters. The highest BCUT2D eigenvalue weighted by atomic mass is 16.3. The van der Waals surface area contributed by atoms with Crippen LogP contribution in [0.1, 0.15) is 16.7 Å². The Bertz CT molecular complexity index is 726. The van der Waals surface area contributed by atoms with Gasteiger partial charge in [-0.2, -0.15) is 0 Å². The van der Waals surface area contributed by atoms with Gasteiger partial charge in [0, 0.05) is 5.56 Å². The van der Waals surface area contributed by atoms with E-state index >= 15 is 0 Å². The van der Waals surface area contributed by atoms with E-state index in [-0.39, 0.29) is 0 Å². The summed E-state index contributed by atoms with van der Waals surface area (Å²) in [5.74, 6) is 0.324. The quantitative estimate of drug-likeness (QED) is 0.646. The number of hydrogen-bond acceptors (Lipinski definition) is 1. The van der Waals surface area contributed by atoms with Crippen molar-refractivity contribution in [3.8, 4) is 28.0 Å². The van der Waals surface area contributed by atoms with Crippen LogP contribution in [0.3, 0.4) is 0 Å². The summed E-state index contributed by atoms with van der Waals surface area (Å²) < 4.78 is 0. The van der Waals surface area contributed by atoms with Gasteiger partial charge in [0.15, 0.2) is 0 Å². The molecule has 1 N–H and O–H groups in total. The average Bonchev–Trinajstić information content (AvgIpc) is 2.51. The summed E-state index contributed by atoms with van der Waals surface area (Å²) >= 11 is 0. The zero-order valence-corrected chi connectivity index (χ0v) is 13.2. The largest absolute Gasteiger partial charge is 0.507 e. The van der Waals surface area contributed by atoms with E-state index in [2.05, 4.69) is 69.3 Å². The fraction of sp³-hybridized carbons (Fsp3) is 0.143. The lowest BCUT2D eigenvalue weighted by atomic mass is 9.89. The number of aryl methyl sites for hydroxylation is 3. The maximum atomic E-state index is 10.5. The molecule has 0 spiro atoms. The molecule has 22 heavy (non-hydrogen) atoms. The van der Waals surface area contributed by atoms with Crippen LogP contribution >= 0.6 is 0 Å². The van der Waals surface area contributed by atoms with Crippen molar-refractivity contribution in [2.45, 2.75) is 20.8 Å². The van der Waals surface area contributed by atoms with Crippen molar-refractivity contribution >= 4 is 0 Å². The van der Waals surface area contributed by atoms with Gasteiger partial charge >= 0.3 is 0 Å². The van der Waals surface area contributed by atoms with Crippen LogP contribution in [0.25, 0.3) is 22.3 Å². The first-order valence-electron chi connectivity index (χ1n) is 7.53. The Morgan fingerprint density at radius 1 is 0.545 bits per heavy atom. The molecule has 0 aliphatic rings. The molecule has 0 amide bonds. The standard InChI is InChI=1S/C21H20O/c1-14-4-9-17(10-5-14)20-16(3)8-13-19(22)21(20)18-11-6-15(2)7-12-18/h4-13,22H,1-3H3. The molecule has 1 nitrogen and oxygen atoms in total. The van der Waals surface area contributed by atoms with Crippen LogP contribution in [-0.2, 0) is 0 Å². The highest BCUT2D eigenvalue weighted by Crippen LogP contribution is 2.40. The molecule has 0 fully saturated rings. The molecule has 3 aromatic rings. The predicted octanol–water partition coefficient (Wildman–Crippen LogP) is 5.65. The molecule has 0 aliphatic heterocycles. The summed E-state index contributed by atoms with van der Waals surface area (Å²) in [4.78, 5) is 0. The van der Waals surface area contributed by atoms with Crippen molar-refractivity contribution in [1.82, 2.24) is 0 Å². The van der Waals surface area contributed by atoms with Crippen molar-refractivity contribution in [2.24, 2.45) is 0 Å². The van der Waals surface area contributed by atoms with Crippen LogP contribution in [0.15, 0.2) is 60.7 Å². The van der Waals surface area contributed by atoms with E-state index in [1.807, 2.05) is 6.07 Å². The number of phenols is 1. The Balaban J connectivity index is 2.27. The van der Waals surface area contributed by atoms with Gasteiger partial charge in [0.1, 0.15) is 5.75 Å². The molecule has 0 saturated carbocycles. The Kier molecular flexibility index (Phi) is 3.72. The van der Waals surface area contributed by atoms with Gasteiger partial charge in [0.05, 0.1) is 0 Å². The first-order valence-corrected chi connectivity index (χ1v) is 7.53. The second kappa shape index (κ2) is 5.69. The summed E-state index contributed by atoms with van der Waals surface area (Å²) in [6, 6.07) is 20.5. The molecule has 0 aromatic heterocycles. The average molecular weight is 288 g/mol. The van der Waals surface area contributed by atoms with Crippen molar-refractivity contribution in [1.29, 1.82) is 0 Å². The van der Waals surface area contributed by atoms with Gasteiger partial charge in [-0.05, 0) is 49.1 Å². The Labute approximate surface area is 131 Å². The zero-order valence-electron chi connectivity index (χ0n) is 13.2. The Morgan fingerprint density at radius 3 is 1.50 bits per heavy atom. The molecular weight excluding hydrogens is 268 g/mol. The van der Waals surface area contributed by atoms with Gasteiger partial charge in [-0.1, -0.05) is 65.7 Å². The minimum Gasteiger partial charge on any atom is -0.507 e. The monoisotopic (exact) mass is 288 g/mol. The summed E-state index contributed by atoms with van der Waals surface area (Å²) in [7, 11) is 0. The Morgan fingerprint density at radius 2 is 1.00 bits per heavy atom. The smallest absolute Gasteiger partial charge is 0.124 e. The predicted molar refractivity (Wildman–Crippen MR) is 93.2 cm³/mol. The number of hydrogen-bond donors (Lipinski definition) is 1. The van der Waals surface area contributed by atoms with Gasteiger partial charge in [0.25, 0.3) is 0 Å². The third kappa shape index (κ3) is 2.62. The van der Waals surface area contributed by atoms with E-state index in [0.29, 0.717) is 5.75 Å². The van der Waals surface area contributed by atoms with E-state index in [1.54, 1.807) is 6.07 Å². The normalized spacial score (nSPS) is 10.7. The van der Waals surface area contributed by atoms with Crippen molar-refractivity contribution in [3.05, 3.63) is 77.4 Å². The lowest BCUT2D eigenvalue weighted by Gasteiger charge is -2.15. The van der Waals surface area contributed by atoms with Gasteiger partial charge in [-0.3, -0.25) is 0 Å². The fourth-order valence-corrected chi connectivity index (χ4v) is 2.80. The molecular formula is C21H20O. The van der Waals surface area contributed by atoms with Crippen molar-refractivity contribution in [2.75, 3.05) is 0 Å². The van der Waals surface area contributed by atoms with E-state index in [0.717, 1.165) is 27.8 Å².